The quantitative estimate of drug-likeness (QED) is 0.353. The summed E-state index contributed by atoms with van der Waals surface area (Å²) in [5, 5.41) is 0. The molecule has 1 amide bonds. The van der Waals surface area contributed by atoms with Crippen molar-refractivity contribution >= 4 is 29.6 Å². The Labute approximate surface area is 209 Å². The summed E-state index contributed by atoms with van der Waals surface area (Å²) in [7, 11) is 0. The molecule has 1 aliphatic rings. The van der Waals surface area contributed by atoms with Crippen molar-refractivity contribution in [1.29, 1.82) is 0 Å². The van der Waals surface area contributed by atoms with E-state index in [9.17, 15) is 4.79 Å². The Morgan fingerprint density at radius 2 is 1.92 bits per heavy atom. The summed E-state index contributed by atoms with van der Waals surface area (Å²) in [6.07, 6.45) is 4.53. The fraction of sp³-hybridized carbons (Fsp3) is 0.160. The standard InChI is InChI=1S/C25H18F2N6O2S/c26-17-9-18(27)16(8-15(17)14-2-1-3-21-24(14)30-13-35-21)25-31-19-10-32(23(34)5-7-36)11-20(19)33(25)22-4-6-28-12-29-22/h1-4,6,8-9,12-13,36H,5,7,10-11H2. The van der Waals surface area contributed by atoms with Crippen molar-refractivity contribution in [2.75, 3.05) is 5.75 Å². The highest BCUT2D eigenvalue weighted by molar-refractivity contribution is 7.80. The normalized spacial score (nSPS) is 12.9. The topological polar surface area (TPSA) is 89.9 Å². The van der Waals surface area contributed by atoms with Crippen LogP contribution in [0.15, 0.2) is 59.7 Å². The molecule has 0 saturated heterocycles. The minimum absolute atomic E-state index is 0.0465. The van der Waals surface area contributed by atoms with Crippen molar-refractivity contribution in [3.63, 3.8) is 0 Å². The first kappa shape index (κ1) is 22.4. The second-order valence-corrected chi connectivity index (χ2v) is 8.72. The van der Waals surface area contributed by atoms with E-state index in [0.717, 1.165) is 6.07 Å². The van der Waals surface area contributed by atoms with E-state index in [2.05, 4.69) is 27.6 Å². The van der Waals surface area contributed by atoms with Crippen molar-refractivity contribution in [3.8, 4) is 28.3 Å². The van der Waals surface area contributed by atoms with E-state index >= 15 is 8.78 Å². The Hall–Kier alpha value is -4.12. The number of carbonyl (C=O) groups excluding carboxylic acids is 1. The number of hydrogen-bond acceptors (Lipinski definition) is 7. The lowest BCUT2D eigenvalue weighted by atomic mass is 10.0. The predicted molar refractivity (Wildman–Crippen MR) is 130 cm³/mol. The molecule has 0 atom stereocenters. The molecule has 0 radical (unpaired) electrons. The molecule has 180 valence electrons. The summed E-state index contributed by atoms with van der Waals surface area (Å²) >= 11 is 4.15. The molecule has 2 aromatic carbocycles. The first-order valence-corrected chi connectivity index (χ1v) is 11.8. The van der Waals surface area contributed by atoms with E-state index in [1.165, 1.54) is 18.8 Å². The molecule has 3 aromatic heterocycles. The molecule has 0 N–H and O–H groups in total. The van der Waals surface area contributed by atoms with Crippen LogP contribution in [0, 0.1) is 11.6 Å². The number of benzene rings is 2. The molecule has 5 aromatic rings. The van der Waals surface area contributed by atoms with Crippen LogP contribution in [-0.4, -0.2) is 41.1 Å². The van der Waals surface area contributed by atoms with Gasteiger partial charge in [-0.1, -0.05) is 12.1 Å². The zero-order valence-corrected chi connectivity index (χ0v) is 19.6. The molecule has 0 bridgehead atoms. The molecule has 0 spiro atoms. The maximum absolute atomic E-state index is 15.3. The lowest BCUT2D eigenvalue weighted by Crippen LogP contribution is -2.26. The Balaban J connectivity index is 1.53. The van der Waals surface area contributed by atoms with Gasteiger partial charge < -0.3 is 9.32 Å². The fourth-order valence-electron chi connectivity index (χ4n) is 4.51. The van der Waals surface area contributed by atoms with Crippen molar-refractivity contribution in [2.45, 2.75) is 19.5 Å². The van der Waals surface area contributed by atoms with E-state index < -0.39 is 11.6 Å². The summed E-state index contributed by atoms with van der Waals surface area (Å²) in [5.41, 5.74) is 3.01. The van der Waals surface area contributed by atoms with E-state index in [4.69, 9.17) is 9.40 Å². The highest BCUT2D eigenvalue weighted by atomic mass is 32.1. The minimum Gasteiger partial charge on any atom is -0.443 e. The van der Waals surface area contributed by atoms with Crippen molar-refractivity contribution in [1.82, 2.24) is 29.4 Å². The summed E-state index contributed by atoms with van der Waals surface area (Å²) in [4.78, 5) is 31.4. The lowest BCUT2D eigenvalue weighted by molar-refractivity contribution is -0.131. The number of aromatic nitrogens is 5. The first-order chi connectivity index (χ1) is 17.5. The SMILES string of the molecule is O=C(CCS)N1Cc2nc(-c3cc(-c4cccc5ocnc45)c(F)cc3F)n(-c3ccncn3)c2C1. The molecule has 1 aliphatic heterocycles. The average Bonchev–Trinajstić information content (AvgIpc) is 3.59. The molecule has 36 heavy (non-hydrogen) atoms. The Bertz CT molecular complexity index is 1620. The third-order valence-corrected chi connectivity index (χ3v) is 6.38. The van der Waals surface area contributed by atoms with E-state index in [1.807, 2.05) is 0 Å². The van der Waals surface area contributed by atoms with Crippen LogP contribution in [0.4, 0.5) is 8.78 Å². The van der Waals surface area contributed by atoms with Crippen LogP contribution in [0.2, 0.25) is 0 Å². The van der Waals surface area contributed by atoms with Crippen molar-refractivity contribution in [3.05, 3.63) is 78.3 Å². The van der Waals surface area contributed by atoms with Gasteiger partial charge in [-0.3, -0.25) is 9.36 Å². The minimum atomic E-state index is -0.773. The molecule has 8 nitrogen and oxygen atoms in total. The number of fused-ring (bicyclic) bond motifs is 2. The van der Waals surface area contributed by atoms with Crippen LogP contribution in [0.1, 0.15) is 17.8 Å². The van der Waals surface area contributed by atoms with E-state index in [-0.39, 0.29) is 35.9 Å². The Kier molecular flexibility index (Phi) is 5.48. The fourth-order valence-corrected chi connectivity index (χ4v) is 4.70. The molecule has 0 saturated carbocycles. The van der Waals surface area contributed by atoms with Gasteiger partial charge in [0.2, 0.25) is 5.91 Å². The summed E-state index contributed by atoms with van der Waals surface area (Å²) in [6.45, 7) is 0.563. The average molecular weight is 505 g/mol. The smallest absolute Gasteiger partial charge is 0.224 e. The summed E-state index contributed by atoms with van der Waals surface area (Å²) in [5.74, 6) is -0.401. The molecule has 11 heteroatoms. The molecule has 4 heterocycles. The number of amides is 1. The molecule has 0 unspecified atom stereocenters. The van der Waals surface area contributed by atoms with Crippen molar-refractivity contribution in [2.24, 2.45) is 0 Å². The number of oxazole rings is 1. The van der Waals surface area contributed by atoms with Gasteiger partial charge in [0.05, 0.1) is 30.0 Å². The Morgan fingerprint density at radius 3 is 2.72 bits per heavy atom. The number of halogens is 2. The Morgan fingerprint density at radius 1 is 1.06 bits per heavy atom. The van der Waals surface area contributed by atoms with Crippen molar-refractivity contribution < 1.29 is 18.0 Å². The first-order valence-electron chi connectivity index (χ1n) is 11.1. The van der Waals surface area contributed by atoms with Gasteiger partial charge in [-0.15, -0.1) is 0 Å². The van der Waals surface area contributed by atoms with E-state index in [1.54, 1.807) is 39.9 Å². The number of thiol groups is 1. The van der Waals surface area contributed by atoms with E-state index in [0.29, 0.717) is 46.0 Å². The molecular formula is C25H18F2N6O2S. The van der Waals surface area contributed by atoms with Crippen LogP contribution < -0.4 is 0 Å². The third-order valence-electron chi connectivity index (χ3n) is 6.16. The van der Waals surface area contributed by atoms with Crippen LogP contribution in [0.25, 0.3) is 39.4 Å². The predicted octanol–water partition coefficient (Wildman–Crippen LogP) is 4.58. The summed E-state index contributed by atoms with van der Waals surface area (Å²) in [6, 6.07) is 9.08. The lowest BCUT2D eigenvalue weighted by Gasteiger charge is -2.17. The van der Waals surface area contributed by atoms with Crippen LogP contribution in [-0.2, 0) is 17.9 Å². The van der Waals surface area contributed by atoms with Crippen LogP contribution in [0.3, 0.4) is 0 Å². The summed E-state index contributed by atoms with van der Waals surface area (Å²) < 4.78 is 37.4. The van der Waals surface area contributed by atoms with Gasteiger partial charge in [0.25, 0.3) is 0 Å². The van der Waals surface area contributed by atoms with Gasteiger partial charge in [0, 0.05) is 29.8 Å². The largest absolute Gasteiger partial charge is 0.443 e. The maximum Gasteiger partial charge on any atom is 0.224 e. The van der Waals surface area contributed by atoms with Crippen LogP contribution in [0.5, 0.6) is 0 Å². The second kappa shape index (κ2) is 8.83. The number of carbonyl (C=O) groups is 1. The highest BCUT2D eigenvalue weighted by Gasteiger charge is 2.32. The van der Waals surface area contributed by atoms with Gasteiger partial charge in [-0.05, 0) is 24.0 Å². The number of rotatable bonds is 5. The molecular weight excluding hydrogens is 486 g/mol. The second-order valence-electron chi connectivity index (χ2n) is 8.27. The monoisotopic (exact) mass is 504 g/mol. The molecule has 6 rings (SSSR count). The molecule has 0 aliphatic carbocycles. The van der Waals surface area contributed by atoms with Gasteiger partial charge in [-0.2, -0.15) is 12.6 Å². The van der Waals surface area contributed by atoms with Crippen LogP contribution >= 0.6 is 12.6 Å². The van der Waals surface area contributed by atoms with Gasteiger partial charge in [0.15, 0.2) is 12.0 Å². The van der Waals surface area contributed by atoms with Gasteiger partial charge in [0.1, 0.15) is 35.1 Å². The number of para-hydroxylation sites is 1. The molecule has 0 fully saturated rings. The zero-order chi connectivity index (χ0) is 24.8. The number of imidazole rings is 1. The van der Waals surface area contributed by atoms with Gasteiger partial charge in [-0.25, -0.2) is 28.7 Å². The number of hydrogen-bond donors (Lipinski definition) is 1. The van der Waals surface area contributed by atoms with Gasteiger partial charge >= 0.3 is 0 Å². The highest BCUT2D eigenvalue weighted by Crippen LogP contribution is 2.37. The maximum atomic E-state index is 15.3. The zero-order valence-electron chi connectivity index (χ0n) is 18.7. The third kappa shape index (κ3) is 3.63. The number of nitrogens with zero attached hydrogens (tertiary/aromatic N) is 6.